The average Bonchev–Trinajstić information content (AvgIpc) is 3.38. The van der Waals surface area contributed by atoms with Crippen LogP contribution in [0.3, 0.4) is 0 Å². The smallest absolute Gasteiger partial charge is 0.135 e. The third-order valence-electron chi connectivity index (χ3n) is 7.12. The number of anilines is 3. The topological polar surface area (TPSA) is 23.5 Å². The van der Waals surface area contributed by atoms with Crippen molar-refractivity contribution < 1.29 is 5.11 Å². The van der Waals surface area contributed by atoms with E-state index in [9.17, 15) is 5.11 Å². The maximum Gasteiger partial charge on any atom is 0.135 e. The molecule has 0 aliphatic rings. The van der Waals surface area contributed by atoms with E-state index in [0.29, 0.717) is 5.75 Å². The lowest BCUT2D eigenvalue weighted by atomic mass is 10.0. The molecule has 0 fully saturated rings. The number of benzene rings is 6. The van der Waals surface area contributed by atoms with Gasteiger partial charge in [-0.3, -0.25) is 0 Å². The van der Waals surface area contributed by atoms with Gasteiger partial charge in [-0.05, 0) is 58.7 Å². The van der Waals surface area contributed by atoms with Gasteiger partial charge in [0.2, 0.25) is 0 Å². The number of phenolic OH excluding ortho intramolecular Hbond substituents is 1. The highest BCUT2D eigenvalue weighted by atomic mass is 32.1. The molecule has 0 bridgehead atoms. The minimum Gasteiger partial charge on any atom is -0.506 e. The van der Waals surface area contributed by atoms with Crippen LogP contribution in [-0.4, -0.2) is 5.11 Å². The normalized spacial score (nSPS) is 11.2. The van der Waals surface area contributed by atoms with Gasteiger partial charge in [0.05, 0.1) is 10.4 Å². The van der Waals surface area contributed by atoms with Gasteiger partial charge >= 0.3 is 0 Å². The van der Waals surface area contributed by atoms with Crippen LogP contribution < -0.4 is 4.90 Å². The second-order valence-corrected chi connectivity index (χ2v) is 10.7. The quantitative estimate of drug-likeness (QED) is 0.244. The van der Waals surface area contributed by atoms with Crippen LogP contribution in [0.1, 0.15) is 0 Å². The molecule has 1 N–H and O–H groups in total. The van der Waals surface area contributed by atoms with Crippen molar-refractivity contribution in [2.75, 3.05) is 4.90 Å². The van der Waals surface area contributed by atoms with Gasteiger partial charge in [-0.2, -0.15) is 0 Å². The number of phenols is 1. The lowest BCUT2D eigenvalue weighted by Gasteiger charge is -2.27. The summed E-state index contributed by atoms with van der Waals surface area (Å²) in [4.78, 5) is 2.24. The minimum atomic E-state index is 0.298. The summed E-state index contributed by atoms with van der Waals surface area (Å²) in [6.45, 7) is 0. The first-order valence-corrected chi connectivity index (χ1v) is 13.8. The Bertz CT molecular complexity index is 1840. The second kappa shape index (κ2) is 9.79. The molecule has 0 aliphatic heterocycles. The lowest BCUT2D eigenvalue weighted by molar-refractivity contribution is 0.482. The Morgan fingerprint density at radius 1 is 0.436 bits per heavy atom. The van der Waals surface area contributed by atoms with Crippen LogP contribution in [0.15, 0.2) is 146 Å². The summed E-state index contributed by atoms with van der Waals surface area (Å²) < 4.78 is 2.08. The van der Waals surface area contributed by atoms with E-state index in [2.05, 4.69) is 126 Å². The average molecular weight is 520 g/mol. The van der Waals surface area contributed by atoms with Crippen molar-refractivity contribution in [2.24, 2.45) is 0 Å². The molecule has 0 spiro atoms. The molecule has 0 radical (unpaired) electrons. The minimum absolute atomic E-state index is 0.298. The van der Waals surface area contributed by atoms with Crippen LogP contribution >= 0.6 is 11.3 Å². The molecule has 2 nitrogen and oxygen atoms in total. The van der Waals surface area contributed by atoms with E-state index >= 15 is 0 Å². The number of hydrogen-bond donors (Lipinski definition) is 1. The third-order valence-corrected chi connectivity index (χ3v) is 8.33. The summed E-state index contributed by atoms with van der Waals surface area (Å²) in [5.41, 5.74) is 7.59. The number of aromatic hydroxyl groups is 1. The Morgan fingerprint density at radius 2 is 0.974 bits per heavy atom. The van der Waals surface area contributed by atoms with Crippen LogP contribution in [0.25, 0.3) is 42.4 Å². The molecule has 6 aromatic carbocycles. The maximum atomic E-state index is 11.2. The Morgan fingerprint density at radius 3 is 1.59 bits per heavy atom. The van der Waals surface area contributed by atoms with Crippen LogP contribution in [0, 0.1) is 0 Å². The van der Waals surface area contributed by atoms with E-state index in [0.717, 1.165) is 43.7 Å². The second-order valence-electron chi connectivity index (χ2n) is 9.61. The van der Waals surface area contributed by atoms with Crippen molar-refractivity contribution in [3.8, 4) is 28.0 Å². The predicted molar refractivity (Wildman–Crippen MR) is 167 cm³/mol. The monoisotopic (exact) mass is 519 g/mol. The summed E-state index contributed by atoms with van der Waals surface area (Å²) in [5, 5.41) is 13.5. The van der Waals surface area contributed by atoms with Crippen molar-refractivity contribution in [3.63, 3.8) is 0 Å². The Balaban J connectivity index is 1.45. The van der Waals surface area contributed by atoms with Crippen molar-refractivity contribution in [3.05, 3.63) is 146 Å². The zero-order chi connectivity index (χ0) is 26.2. The maximum absolute atomic E-state index is 11.2. The molecule has 0 aliphatic carbocycles. The highest BCUT2D eigenvalue weighted by Gasteiger charge is 2.18. The largest absolute Gasteiger partial charge is 0.506 e. The lowest BCUT2D eigenvalue weighted by Crippen LogP contribution is -2.10. The molecule has 0 amide bonds. The Labute approximate surface area is 231 Å². The molecule has 7 rings (SSSR count). The molecular weight excluding hydrogens is 494 g/mol. The van der Waals surface area contributed by atoms with Gasteiger partial charge in [-0.15, -0.1) is 11.3 Å². The highest BCUT2D eigenvalue weighted by molar-refractivity contribution is 7.26. The number of fused-ring (bicyclic) bond motifs is 3. The predicted octanol–water partition coefficient (Wildman–Crippen LogP) is 10.6. The fraction of sp³-hybridized carbons (Fsp3) is 0. The summed E-state index contributed by atoms with van der Waals surface area (Å²) in [5.74, 6) is 0.298. The first kappa shape index (κ1) is 23.3. The molecule has 0 saturated carbocycles. The van der Waals surface area contributed by atoms with Crippen LogP contribution in [0.2, 0.25) is 0 Å². The Kier molecular flexibility index (Phi) is 5.84. The molecule has 1 aromatic heterocycles. The van der Waals surface area contributed by atoms with Gasteiger partial charge < -0.3 is 10.0 Å². The Hall–Kier alpha value is -4.86. The molecule has 3 heteroatoms. The first-order chi connectivity index (χ1) is 19.2. The molecule has 39 heavy (non-hydrogen) atoms. The van der Waals surface area contributed by atoms with E-state index in [4.69, 9.17) is 0 Å². The van der Waals surface area contributed by atoms with Gasteiger partial charge in [-0.25, -0.2) is 0 Å². The van der Waals surface area contributed by atoms with Gasteiger partial charge in [0, 0.05) is 32.9 Å². The van der Waals surface area contributed by atoms with E-state index in [1.54, 1.807) is 11.3 Å². The van der Waals surface area contributed by atoms with E-state index in [1.807, 2.05) is 24.3 Å². The summed E-state index contributed by atoms with van der Waals surface area (Å²) in [6.07, 6.45) is 0. The zero-order valence-electron chi connectivity index (χ0n) is 21.2. The van der Waals surface area contributed by atoms with E-state index in [-0.39, 0.29) is 0 Å². The molecular formula is C36H25NOS. The van der Waals surface area contributed by atoms with Gasteiger partial charge in [0.15, 0.2) is 0 Å². The van der Waals surface area contributed by atoms with E-state index < -0.39 is 0 Å². The number of rotatable bonds is 5. The molecule has 7 aromatic rings. The van der Waals surface area contributed by atoms with Gasteiger partial charge in [-0.1, -0.05) is 103 Å². The fourth-order valence-corrected chi connectivity index (χ4v) is 6.38. The van der Waals surface area contributed by atoms with Crippen LogP contribution in [-0.2, 0) is 0 Å². The first-order valence-electron chi connectivity index (χ1n) is 13.0. The summed E-state index contributed by atoms with van der Waals surface area (Å²) >= 11 is 1.63. The molecule has 0 atom stereocenters. The third kappa shape index (κ3) is 4.33. The molecule has 186 valence electrons. The fourth-order valence-electron chi connectivity index (χ4n) is 5.28. The standard InChI is InChI=1S/C36H25NOS/c38-34-24-31(23-33-32-19-7-8-20-35(32)39-36(33)34)37(29-17-9-15-27(21-29)25-11-3-1-4-12-25)30-18-10-16-28(22-30)26-13-5-2-6-14-26/h1-24,38H. The number of nitrogens with zero attached hydrogens (tertiary/aromatic N) is 1. The van der Waals surface area contributed by atoms with Crippen LogP contribution in [0.5, 0.6) is 5.75 Å². The highest BCUT2D eigenvalue weighted by Crippen LogP contribution is 2.45. The van der Waals surface area contributed by atoms with Gasteiger partial charge in [0.25, 0.3) is 0 Å². The molecule has 0 unspecified atom stereocenters. The van der Waals surface area contributed by atoms with Crippen molar-refractivity contribution in [2.45, 2.75) is 0 Å². The van der Waals surface area contributed by atoms with Crippen molar-refractivity contribution >= 4 is 48.6 Å². The number of thiophene rings is 1. The SMILES string of the molecule is Oc1cc(N(c2cccc(-c3ccccc3)c2)c2cccc(-c3ccccc3)c2)cc2c1sc1ccccc12. The summed E-state index contributed by atoms with van der Waals surface area (Å²) in [7, 11) is 0. The number of hydrogen-bond acceptors (Lipinski definition) is 3. The van der Waals surface area contributed by atoms with Crippen molar-refractivity contribution in [1.82, 2.24) is 0 Å². The van der Waals surface area contributed by atoms with E-state index in [1.165, 1.54) is 15.8 Å². The van der Waals surface area contributed by atoms with Crippen LogP contribution in [0.4, 0.5) is 17.1 Å². The zero-order valence-corrected chi connectivity index (χ0v) is 22.0. The summed E-state index contributed by atoms with van der Waals surface area (Å²) in [6, 6.07) is 50.5. The van der Waals surface area contributed by atoms with Crippen molar-refractivity contribution in [1.29, 1.82) is 0 Å². The molecule has 1 heterocycles. The van der Waals surface area contributed by atoms with Gasteiger partial charge in [0.1, 0.15) is 5.75 Å². The molecule has 0 saturated heterocycles.